The summed E-state index contributed by atoms with van der Waals surface area (Å²) in [5, 5.41) is 29.0. The average molecular weight is 429 g/mol. The summed E-state index contributed by atoms with van der Waals surface area (Å²) in [5.41, 5.74) is 2.16. The maximum Gasteiger partial charge on any atom is 0.224 e. The molecular formula is C23H29FN4O3. The molecule has 3 aliphatic rings. The van der Waals surface area contributed by atoms with Crippen LogP contribution in [0.25, 0.3) is 0 Å². The first kappa shape index (κ1) is 21.9. The van der Waals surface area contributed by atoms with Crippen molar-refractivity contribution in [2.45, 2.75) is 70.2 Å². The summed E-state index contributed by atoms with van der Waals surface area (Å²) in [6, 6.07) is 5.63. The standard InChI is InChI=1S/C23H29FN4O3/c1-12-17(10-20(29)27-13(2)16-6-3-14(11-25)9-18(16)24)22(30)28-19-7-8-26-23(21(12)19)31-15-4-5-15/h3,6,9,13,15,19,21-23,26,28,30H,4-5,7-8,10H2,1-2H3,(H,27,29)/t13-,19?,21?,22?,23?/m0/s1. The molecule has 1 aliphatic carbocycles. The molecule has 1 aromatic rings. The Balaban J connectivity index is 1.46. The van der Waals surface area contributed by atoms with Crippen LogP contribution in [-0.4, -0.2) is 42.2 Å². The zero-order valence-electron chi connectivity index (χ0n) is 17.8. The number of amides is 1. The summed E-state index contributed by atoms with van der Waals surface area (Å²) < 4.78 is 20.4. The molecule has 1 saturated carbocycles. The fourth-order valence-corrected chi connectivity index (χ4v) is 4.62. The number of nitrogens with zero attached hydrogens (tertiary/aromatic N) is 1. The average Bonchev–Trinajstić information content (AvgIpc) is 3.54. The zero-order chi connectivity index (χ0) is 22.1. The van der Waals surface area contributed by atoms with E-state index in [0.29, 0.717) is 17.2 Å². The van der Waals surface area contributed by atoms with Crippen molar-refractivity contribution in [1.82, 2.24) is 16.0 Å². The highest BCUT2D eigenvalue weighted by molar-refractivity contribution is 5.79. The minimum absolute atomic E-state index is 0.0155. The van der Waals surface area contributed by atoms with Crippen molar-refractivity contribution in [3.05, 3.63) is 46.3 Å². The number of rotatable bonds is 6. The van der Waals surface area contributed by atoms with Crippen LogP contribution in [0, 0.1) is 23.1 Å². The molecule has 0 aromatic heterocycles. The van der Waals surface area contributed by atoms with Crippen LogP contribution in [0.2, 0.25) is 0 Å². The third-order valence-electron chi connectivity index (χ3n) is 6.46. The number of nitrogens with one attached hydrogen (secondary N) is 3. The highest BCUT2D eigenvalue weighted by Gasteiger charge is 2.43. The van der Waals surface area contributed by atoms with Crippen molar-refractivity contribution in [3.63, 3.8) is 0 Å². The van der Waals surface area contributed by atoms with Gasteiger partial charge in [0, 0.05) is 17.5 Å². The summed E-state index contributed by atoms with van der Waals surface area (Å²) in [5.74, 6) is -0.778. The van der Waals surface area contributed by atoms with Crippen molar-refractivity contribution in [3.8, 4) is 6.07 Å². The van der Waals surface area contributed by atoms with Gasteiger partial charge in [0.05, 0.1) is 30.2 Å². The van der Waals surface area contributed by atoms with Gasteiger partial charge < -0.3 is 15.2 Å². The number of aliphatic hydroxyl groups excluding tert-OH is 1. The summed E-state index contributed by atoms with van der Waals surface area (Å²) in [4.78, 5) is 12.7. The maximum atomic E-state index is 14.3. The first-order valence-corrected chi connectivity index (χ1v) is 10.9. The highest BCUT2D eigenvalue weighted by Crippen LogP contribution is 2.37. The van der Waals surface area contributed by atoms with E-state index in [1.807, 2.05) is 13.0 Å². The number of piperidine rings is 1. The number of hydrogen-bond donors (Lipinski definition) is 4. The van der Waals surface area contributed by atoms with Gasteiger partial charge in [-0.3, -0.25) is 15.4 Å². The minimum Gasteiger partial charge on any atom is -0.375 e. The van der Waals surface area contributed by atoms with Crippen LogP contribution in [0.3, 0.4) is 0 Å². The molecule has 2 aliphatic heterocycles. The van der Waals surface area contributed by atoms with E-state index in [1.165, 1.54) is 12.1 Å². The van der Waals surface area contributed by atoms with Crippen LogP contribution in [0.1, 0.15) is 56.7 Å². The van der Waals surface area contributed by atoms with E-state index in [0.717, 1.165) is 37.4 Å². The SMILES string of the molecule is CC1=C(CC(=O)N[C@@H](C)c2ccc(C#N)cc2F)C(O)NC2CCNC(OC3CC3)C12. The van der Waals surface area contributed by atoms with Crippen LogP contribution in [0.5, 0.6) is 0 Å². The van der Waals surface area contributed by atoms with Crippen molar-refractivity contribution < 1.29 is 19.0 Å². The van der Waals surface area contributed by atoms with Crippen LogP contribution in [-0.2, 0) is 9.53 Å². The monoisotopic (exact) mass is 428 g/mol. The van der Waals surface area contributed by atoms with E-state index in [2.05, 4.69) is 16.0 Å². The quantitative estimate of drug-likeness (QED) is 0.517. The van der Waals surface area contributed by atoms with Crippen molar-refractivity contribution in [2.75, 3.05) is 6.54 Å². The van der Waals surface area contributed by atoms with Gasteiger partial charge >= 0.3 is 0 Å². The number of hydrogen-bond acceptors (Lipinski definition) is 6. The van der Waals surface area contributed by atoms with Crippen LogP contribution >= 0.6 is 0 Å². The smallest absolute Gasteiger partial charge is 0.224 e. The lowest BCUT2D eigenvalue weighted by Gasteiger charge is -2.45. The van der Waals surface area contributed by atoms with Gasteiger partial charge in [-0.05, 0) is 57.4 Å². The molecule has 4 rings (SSSR count). The molecule has 0 radical (unpaired) electrons. The van der Waals surface area contributed by atoms with Crippen molar-refractivity contribution in [2.24, 2.45) is 5.92 Å². The Morgan fingerprint density at radius 3 is 2.87 bits per heavy atom. The lowest BCUT2D eigenvalue weighted by molar-refractivity contribution is -0.121. The topological polar surface area (TPSA) is 106 Å². The number of halogens is 1. The molecule has 2 heterocycles. The van der Waals surface area contributed by atoms with Gasteiger partial charge in [-0.25, -0.2) is 4.39 Å². The fraction of sp³-hybridized carbons (Fsp3) is 0.565. The molecule has 7 nitrogen and oxygen atoms in total. The third-order valence-corrected chi connectivity index (χ3v) is 6.46. The Morgan fingerprint density at radius 1 is 1.42 bits per heavy atom. The Bertz CT molecular complexity index is 924. The summed E-state index contributed by atoms with van der Waals surface area (Å²) in [7, 11) is 0. The Hall–Kier alpha value is -2.31. The Morgan fingerprint density at radius 2 is 2.19 bits per heavy atom. The molecule has 31 heavy (non-hydrogen) atoms. The van der Waals surface area contributed by atoms with Gasteiger partial charge in [-0.15, -0.1) is 0 Å². The molecule has 1 aromatic carbocycles. The lowest BCUT2D eigenvalue weighted by atomic mass is 9.79. The second kappa shape index (κ2) is 9.05. The van der Waals surface area contributed by atoms with Gasteiger partial charge in [-0.1, -0.05) is 11.6 Å². The molecule has 0 spiro atoms. The second-order valence-corrected chi connectivity index (χ2v) is 8.72. The van der Waals surface area contributed by atoms with Crippen LogP contribution in [0.15, 0.2) is 29.3 Å². The van der Waals surface area contributed by atoms with Crippen molar-refractivity contribution >= 4 is 5.91 Å². The molecule has 0 bridgehead atoms. The third kappa shape index (κ3) is 4.80. The van der Waals surface area contributed by atoms with E-state index in [4.69, 9.17) is 10.00 Å². The fourth-order valence-electron chi connectivity index (χ4n) is 4.62. The normalized spacial score (nSPS) is 29.1. The molecule has 8 heteroatoms. The number of fused-ring (bicyclic) bond motifs is 1. The molecule has 166 valence electrons. The predicted octanol–water partition coefficient (Wildman–Crippen LogP) is 1.99. The molecule has 1 amide bonds. The van der Waals surface area contributed by atoms with Gasteiger partial charge in [0.15, 0.2) is 0 Å². The first-order valence-electron chi connectivity index (χ1n) is 10.9. The number of carbonyl (C=O) groups is 1. The second-order valence-electron chi connectivity index (χ2n) is 8.72. The number of aliphatic hydroxyl groups is 1. The van der Waals surface area contributed by atoms with E-state index in [9.17, 15) is 14.3 Å². The minimum atomic E-state index is -0.895. The van der Waals surface area contributed by atoms with Gasteiger partial charge in [0.25, 0.3) is 0 Å². The van der Waals surface area contributed by atoms with E-state index < -0.39 is 18.1 Å². The van der Waals surface area contributed by atoms with Crippen molar-refractivity contribution in [1.29, 1.82) is 5.26 Å². The predicted molar refractivity (Wildman–Crippen MR) is 112 cm³/mol. The van der Waals surface area contributed by atoms with Crippen LogP contribution in [0.4, 0.5) is 4.39 Å². The Labute approximate surface area is 181 Å². The zero-order valence-corrected chi connectivity index (χ0v) is 17.8. The number of nitriles is 1. The van der Waals surface area contributed by atoms with Gasteiger partial charge in [-0.2, -0.15) is 5.26 Å². The van der Waals surface area contributed by atoms with Gasteiger partial charge in [0.1, 0.15) is 18.3 Å². The molecule has 5 atom stereocenters. The molecule has 1 saturated heterocycles. The van der Waals surface area contributed by atoms with Gasteiger partial charge in [0.2, 0.25) is 5.91 Å². The number of ether oxygens (including phenoxy) is 1. The first-order chi connectivity index (χ1) is 14.9. The van der Waals surface area contributed by atoms with E-state index >= 15 is 0 Å². The molecular weight excluding hydrogens is 399 g/mol. The number of carbonyl (C=O) groups excluding carboxylic acids is 1. The lowest BCUT2D eigenvalue weighted by Crippen LogP contribution is -2.60. The number of benzene rings is 1. The highest BCUT2D eigenvalue weighted by atomic mass is 19.1. The molecule has 2 fully saturated rings. The van der Waals surface area contributed by atoms with Crippen LogP contribution < -0.4 is 16.0 Å². The summed E-state index contributed by atoms with van der Waals surface area (Å²) >= 11 is 0. The summed E-state index contributed by atoms with van der Waals surface area (Å²) in [6.45, 7) is 4.47. The summed E-state index contributed by atoms with van der Waals surface area (Å²) in [6.07, 6.45) is 2.32. The Kier molecular flexibility index (Phi) is 6.39. The van der Waals surface area contributed by atoms with E-state index in [-0.39, 0.29) is 36.1 Å². The maximum absolute atomic E-state index is 14.3. The molecule has 4 N–H and O–H groups in total. The van der Waals surface area contributed by atoms with E-state index in [1.54, 1.807) is 6.92 Å². The molecule has 4 unspecified atom stereocenters. The largest absolute Gasteiger partial charge is 0.375 e.